The molecule has 8 atom stereocenters. The Bertz CT molecular complexity index is 2530. The summed E-state index contributed by atoms with van der Waals surface area (Å²) >= 11 is 0. The van der Waals surface area contributed by atoms with Crippen molar-refractivity contribution in [1.29, 1.82) is 0 Å². The molecule has 418 valence electrons. The van der Waals surface area contributed by atoms with Crippen LogP contribution in [-0.4, -0.2) is 154 Å². The van der Waals surface area contributed by atoms with Crippen LogP contribution in [0.25, 0.3) is 10.8 Å². The zero-order valence-electron chi connectivity index (χ0n) is 42.2. The fourth-order valence-corrected chi connectivity index (χ4v) is 9.15. The number of nitrogens with zero attached hydrogens (tertiary/aromatic N) is 4. The second-order valence-corrected chi connectivity index (χ2v) is 19.6. The van der Waals surface area contributed by atoms with Gasteiger partial charge in [-0.15, -0.1) is 0 Å². The van der Waals surface area contributed by atoms with E-state index >= 15 is 0 Å². The maximum atomic E-state index is 14.8. The molecule has 0 spiro atoms. The van der Waals surface area contributed by atoms with Gasteiger partial charge in [0, 0.05) is 39.0 Å². The highest BCUT2D eigenvalue weighted by atomic mass is 31.2. The van der Waals surface area contributed by atoms with Crippen LogP contribution in [0.1, 0.15) is 83.1 Å². The first-order chi connectivity index (χ1) is 35.9. The maximum Gasteiger partial charge on any atom is 0.469 e. The summed E-state index contributed by atoms with van der Waals surface area (Å²) in [5.74, 6) is -8.37. The molecule has 0 aliphatic carbocycles. The van der Waals surface area contributed by atoms with Crippen LogP contribution in [-0.2, 0) is 53.9 Å². The number of carbonyl (C=O) groups excluding carboxylic acids is 8. The molecular formula is C46H72N17O12P. The van der Waals surface area contributed by atoms with Gasteiger partial charge in [0.25, 0.3) is 0 Å². The third-order valence-corrected chi connectivity index (χ3v) is 13.0. The summed E-state index contributed by atoms with van der Waals surface area (Å²) in [4.78, 5) is 147. The SMILES string of the molecule is CC(OP(=O)(O)O)[C@@H]1NC(=O)[C@H](CCCN=C(N)N)NC(=O)[C@H](CCCN=C(N)N)NC(=O)[C@H](CCC(N)=O)NC(=O)[C@H](CCCN=C(N)N)NC(=O)[C@H](Cc2ccc3ccccc3c2)NC(=O)[C@@H]2CCCCN2C1=O. The van der Waals surface area contributed by atoms with Crippen LogP contribution in [0.2, 0.25) is 0 Å². The van der Waals surface area contributed by atoms with Crippen molar-refractivity contribution < 1.29 is 57.2 Å². The summed E-state index contributed by atoms with van der Waals surface area (Å²) in [5, 5.41) is 17.3. The molecule has 22 N–H and O–H groups in total. The number of rotatable bonds is 20. The Balaban J connectivity index is 1.92. The number of piperidine rings is 1. The lowest BCUT2D eigenvalue weighted by Crippen LogP contribution is -2.63. The Hall–Kier alpha value is -7.62. The Morgan fingerprint density at radius 1 is 0.632 bits per heavy atom. The summed E-state index contributed by atoms with van der Waals surface area (Å²) in [7, 11) is -5.37. The van der Waals surface area contributed by atoms with E-state index in [1.165, 1.54) is 0 Å². The average Bonchev–Trinajstić information content (AvgIpc) is 3.35. The average molecular weight is 1090 g/mol. The van der Waals surface area contributed by atoms with Gasteiger partial charge in [-0.25, -0.2) is 4.57 Å². The zero-order chi connectivity index (χ0) is 56.1. The Labute approximate surface area is 438 Å². The van der Waals surface area contributed by atoms with Crippen LogP contribution in [0.5, 0.6) is 0 Å². The van der Waals surface area contributed by atoms with Gasteiger partial charge >= 0.3 is 7.82 Å². The van der Waals surface area contributed by atoms with E-state index in [4.69, 9.17) is 44.7 Å². The fourth-order valence-electron chi connectivity index (χ4n) is 8.60. The number of carbonyl (C=O) groups is 8. The minimum absolute atomic E-state index is 0.00152. The van der Waals surface area contributed by atoms with Crippen molar-refractivity contribution >= 4 is 83.7 Å². The molecule has 0 bridgehead atoms. The van der Waals surface area contributed by atoms with E-state index in [2.05, 4.69) is 46.9 Å². The molecule has 0 saturated carbocycles. The van der Waals surface area contributed by atoms with Crippen LogP contribution in [0.4, 0.5) is 0 Å². The molecule has 0 aromatic heterocycles. The first-order valence-corrected chi connectivity index (χ1v) is 26.2. The standard InChI is InChI=1S/C46H72N17O12P/c1-25(75-76(72,73)74)36-43(71)63-22-5-4-14-34(63)42(70)61-33(24-26-15-16-27-9-2-3-10-28(27)23-26)41(69)59-30(12-7-20-55-45(50)51)38(66)60-32(17-18-35(47)64)39(67)57-29(11-6-19-54-44(48)49)37(65)58-31(40(68)62-36)13-8-21-56-46(52)53/h2-3,9-10,15-16,23,25,29-34,36H,4-8,11-14,17-22,24H2,1H3,(H2,47,64)(H,57,67)(H,58,65)(H,59,69)(H,60,66)(H,61,70)(H,62,68)(H4,48,49,54)(H4,50,51,55)(H4,52,53,56)(H2,72,73,74)/t25?,29-,30-,31-,32-,33-,34-,36-/m0/s1. The molecular weight excluding hydrogens is 1010 g/mol. The lowest BCUT2D eigenvalue weighted by molar-refractivity contribution is -0.148. The van der Waals surface area contributed by atoms with Gasteiger partial charge in [0.1, 0.15) is 42.3 Å². The minimum atomic E-state index is -5.37. The smallest absolute Gasteiger partial charge is 0.370 e. The highest BCUT2D eigenvalue weighted by Crippen LogP contribution is 2.38. The van der Waals surface area contributed by atoms with Gasteiger partial charge in [0.05, 0.1) is 6.10 Å². The van der Waals surface area contributed by atoms with Crippen molar-refractivity contribution in [3.63, 3.8) is 0 Å². The third kappa shape index (κ3) is 20.2. The summed E-state index contributed by atoms with van der Waals surface area (Å²) in [6.07, 6.45) is -2.36. The molecule has 2 aliphatic heterocycles. The van der Waals surface area contributed by atoms with Crippen LogP contribution in [0.15, 0.2) is 57.4 Å². The van der Waals surface area contributed by atoms with Crippen molar-refractivity contribution in [3.05, 3.63) is 48.0 Å². The lowest BCUT2D eigenvalue weighted by Gasteiger charge is -2.39. The van der Waals surface area contributed by atoms with Gasteiger partial charge in [-0.3, -0.25) is 57.9 Å². The first kappa shape index (κ1) is 60.9. The van der Waals surface area contributed by atoms with Gasteiger partial charge in [-0.2, -0.15) is 0 Å². The normalized spacial score (nSPS) is 22.9. The number of phosphoric ester groups is 1. The largest absolute Gasteiger partial charge is 0.469 e. The van der Waals surface area contributed by atoms with E-state index < -0.39 is 116 Å². The van der Waals surface area contributed by atoms with Crippen LogP contribution in [0.3, 0.4) is 0 Å². The molecule has 2 fully saturated rings. The number of nitrogens with one attached hydrogen (secondary N) is 6. The van der Waals surface area contributed by atoms with Gasteiger partial charge in [0.15, 0.2) is 17.9 Å². The molecule has 2 heterocycles. The van der Waals surface area contributed by atoms with Crippen molar-refractivity contribution in [2.24, 2.45) is 55.1 Å². The van der Waals surface area contributed by atoms with Crippen molar-refractivity contribution in [1.82, 2.24) is 36.8 Å². The molecule has 30 heteroatoms. The van der Waals surface area contributed by atoms with Gasteiger partial charge < -0.3 is 86.7 Å². The Morgan fingerprint density at radius 3 is 1.55 bits per heavy atom. The highest BCUT2D eigenvalue weighted by molar-refractivity contribution is 7.46. The molecule has 0 radical (unpaired) electrons. The van der Waals surface area contributed by atoms with E-state index in [1.54, 1.807) is 6.07 Å². The van der Waals surface area contributed by atoms with E-state index in [1.807, 2.05) is 36.4 Å². The molecule has 1 unspecified atom stereocenters. The van der Waals surface area contributed by atoms with E-state index in [-0.39, 0.29) is 95.4 Å². The quantitative estimate of drug-likeness (QED) is 0.0258. The number of amides is 8. The number of fused-ring (bicyclic) bond motifs is 2. The molecule has 4 rings (SSSR count). The Kier molecular flexibility index (Phi) is 23.6. The predicted molar refractivity (Wildman–Crippen MR) is 279 cm³/mol. The number of aliphatic imine (C=N–C) groups is 3. The van der Waals surface area contributed by atoms with E-state index in [9.17, 15) is 52.7 Å². The highest BCUT2D eigenvalue weighted by Gasteiger charge is 2.42. The zero-order valence-corrected chi connectivity index (χ0v) is 43.1. The maximum absolute atomic E-state index is 14.8. The molecule has 2 aromatic carbocycles. The van der Waals surface area contributed by atoms with Crippen LogP contribution < -0.4 is 72.0 Å². The molecule has 2 aromatic rings. The van der Waals surface area contributed by atoms with Crippen LogP contribution in [0, 0.1) is 0 Å². The monoisotopic (exact) mass is 1090 g/mol. The molecule has 2 saturated heterocycles. The molecule has 29 nitrogen and oxygen atoms in total. The molecule has 2 aliphatic rings. The molecule has 8 amide bonds. The summed E-state index contributed by atoms with van der Waals surface area (Å²) < 4.78 is 17.2. The first-order valence-electron chi connectivity index (χ1n) is 24.7. The third-order valence-electron chi connectivity index (χ3n) is 12.4. The second kappa shape index (κ2) is 29.5. The summed E-state index contributed by atoms with van der Waals surface area (Å²) in [6.45, 7) is 0.922. The van der Waals surface area contributed by atoms with E-state index in [0.29, 0.717) is 18.4 Å². The fraction of sp³-hybridized carbons (Fsp3) is 0.543. The number of primary amides is 1. The van der Waals surface area contributed by atoms with Crippen LogP contribution >= 0.6 is 7.82 Å². The summed E-state index contributed by atoms with van der Waals surface area (Å²) in [5.41, 5.74) is 39.2. The Morgan fingerprint density at radius 2 is 1.08 bits per heavy atom. The number of phosphoric acid groups is 1. The number of guanidine groups is 3. The number of hydrogen-bond donors (Lipinski definition) is 15. The van der Waals surface area contributed by atoms with Crippen molar-refractivity contribution in [2.45, 2.75) is 132 Å². The lowest BCUT2D eigenvalue weighted by atomic mass is 9.97. The minimum Gasteiger partial charge on any atom is -0.370 e. The predicted octanol–water partition coefficient (Wildman–Crippen LogP) is -4.39. The summed E-state index contributed by atoms with van der Waals surface area (Å²) in [6, 6.07) is 1.91. The molecule has 76 heavy (non-hydrogen) atoms. The number of nitrogens with two attached hydrogens (primary N) is 7. The van der Waals surface area contributed by atoms with Gasteiger partial charge in [-0.1, -0.05) is 42.5 Å². The van der Waals surface area contributed by atoms with Crippen molar-refractivity contribution in [2.75, 3.05) is 26.2 Å². The van der Waals surface area contributed by atoms with Gasteiger partial charge in [-0.05, 0) is 87.5 Å². The number of benzene rings is 2. The van der Waals surface area contributed by atoms with E-state index in [0.717, 1.165) is 22.6 Å². The van der Waals surface area contributed by atoms with Gasteiger partial charge in [0.2, 0.25) is 47.3 Å². The van der Waals surface area contributed by atoms with Crippen molar-refractivity contribution in [3.8, 4) is 0 Å². The topological polar surface area (TPSA) is 498 Å². The second-order valence-electron chi connectivity index (χ2n) is 18.4. The number of hydrogen-bond acceptors (Lipinski definition) is 13.